The second-order valence-electron chi connectivity index (χ2n) is 3.79. The van der Waals surface area contributed by atoms with Crippen LogP contribution in [0.3, 0.4) is 0 Å². The van der Waals surface area contributed by atoms with Crippen molar-refractivity contribution in [2.45, 2.75) is 19.4 Å². The Morgan fingerprint density at radius 2 is 2.13 bits per heavy atom. The number of hydrogen-bond acceptors (Lipinski definition) is 3. The van der Waals surface area contributed by atoms with Gasteiger partial charge in [0.1, 0.15) is 5.60 Å². The second kappa shape index (κ2) is 4.31. The highest BCUT2D eigenvalue weighted by Crippen LogP contribution is 2.15. The predicted octanol–water partition coefficient (Wildman–Crippen LogP) is 1.63. The number of carbonyl (C=O) groups excluding carboxylic acids is 1. The standard InChI is InChI=1S/C11H16N2O2/c1-11(2,15-3)10(14)13-9-6-4-5-8(12)7-9/h4-7H,12H2,1-3H3,(H,13,14). The number of nitrogens with one attached hydrogen (secondary N) is 1. The lowest BCUT2D eigenvalue weighted by atomic mass is 10.1. The molecule has 15 heavy (non-hydrogen) atoms. The van der Waals surface area contributed by atoms with Gasteiger partial charge in [0.05, 0.1) is 0 Å². The van der Waals surface area contributed by atoms with Crippen LogP contribution in [0.1, 0.15) is 13.8 Å². The van der Waals surface area contributed by atoms with Gasteiger partial charge in [0.2, 0.25) is 0 Å². The number of ether oxygens (including phenoxy) is 1. The van der Waals surface area contributed by atoms with E-state index in [2.05, 4.69) is 5.32 Å². The van der Waals surface area contributed by atoms with Crippen molar-refractivity contribution >= 4 is 17.3 Å². The molecular formula is C11H16N2O2. The summed E-state index contributed by atoms with van der Waals surface area (Å²) in [6.45, 7) is 3.41. The number of amides is 1. The second-order valence-corrected chi connectivity index (χ2v) is 3.79. The number of nitrogen functional groups attached to an aromatic ring is 1. The SMILES string of the molecule is COC(C)(C)C(=O)Nc1cccc(N)c1. The van der Waals surface area contributed by atoms with Crippen molar-refractivity contribution in [3.05, 3.63) is 24.3 Å². The number of benzene rings is 1. The van der Waals surface area contributed by atoms with Gasteiger partial charge in [0.25, 0.3) is 5.91 Å². The van der Waals surface area contributed by atoms with Crippen LogP contribution in [0.15, 0.2) is 24.3 Å². The molecule has 1 rings (SSSR count). The first-order chi connectivity index (χ1) is 6.95. The molecule has 82 valence electrons. The normalized spacial score (nSPS) is 11.1. The van der Waals surface area contributed by atoms with E-state index in [1.165, 1.54) is 7.11 Å². The molecule has 0 heterocycles. The molecule has 0 radical (unpaired) electrons. The minimum atomic E-state index is -0.843. The monoisotopic (exact) mass is 208 g/mol. The first-order valence-corrected chi connectivity index (χ1v) is 4.68. The van der Waals surface area contributed by atoms with Gasteiger partial charge in [-0.25, -0.2) is 0 Å². The fraction of sp³-hybridized carbons (Fsp3) is 0.364. The third kappa shape index (κ3) is 2.95. The lowest BCUT2D eigenvalue weighted by Crippen LogP contribution is -2.38. The number of carbonyl (C=O) groups is 1. The highest BCUT2D eigenvalue weighted by atomic mass is 16.5. The van der Waals surface area contributed by atoms with Crippen molar-refractivity contribution in [2.75, 3.05) is 18.2 Å². The summed E-state index contributed by atoms with van der Waals surface area (Å²) in [7, 11) is 1.50. The van der Waals surface area contributed by atoms with Gasteiger partial charge in [-0.05, 0) is 32.0 Å². The Morgan fingerprint density at radius 3 is 2.67 bits per heavy atom. The van der Waals surface area contributed by atoms with Crippen LogP contribution in [0.25, 0.3) is 0 Å². The third-order valence-corrected chi connectivity index (χ3v) is 2.20. The van der Waals surface area contributed by atoms with Crippen molar-refractivity contribution in [3.63, 3.8) is 0 Å². The van der Waals surface area contributed by atoms with Crippen molar-refractivity contribution < 1.29 is 9.53 Å². The zero-order chi connectivity index (χ0) is 11.5. The summed E-state index contributed by atoms with van der Waals surface area (Å²) in [6, 6.07) is 7.02. The van der Waals surface area contributed by atoms with E-state index in [0.717, 1.165) is 0 Å². The largest absolute Gasteiger partial charge is 0.399 e. The highest BCUT2D eigenvalue weighted by Gasteiger charge is 2.26. The van der Waals surface area contributed by atoms with Gasteiger partial charge in [-0.1, -0.05) is 6.07 Å². The Bertz CT molecular complexity index is 361. The molecule has 1 aromatic rings. The van der Waals surface area contributed by atoms with E-state index >= 15 is 0 Å². The summed E-state index contributed by atoms with van der Waals surface area (Å²) in [5, 5.41) is 2.73. The van der Waals surface area contributed by atoms with Crippen LogP contribution in [-0.4, -0.2) is 18.6 Å². The van der Waals surface area contributed by atoms with Crippen LogP contribution in [0.5, 0.6) is 0 Å². The molecule has 0 fully saturated rings. The van der Waals surface area contributed by atoms with Crippen LogP contribution in [-0.2, 0) is 9.53 Å². The first kappa shape index (κ1) is 11.5. The maximum Gasteiger partial charge on any atom is 0.256 e. The predicted molar refractivity (Wildman–Crippen MR) is 60.6 cm³/mol. The molecule has 3 N–H and O–H groups in total. The van der Waals surface area contributed by atoms with E-state index in [0.29, 0.717) is 11.4 Å². The quantitative estimate of drug-likeness (QED) is 0.742. The van der Waals surface area contributed by atoms with Gasteiger partial charge in [-0.15, -0.1) is 0 Å². The molecule has 0 unspecified atom stereocenters. The molecule has 0 spiro atoms. The van der Waals surface area contributed by atoms with Crippen LogP contribution in [0.2, 0.25) is 0 Å². The van der Waals surface area contributed by atoms with Crippen LogP contribution >= 0.6 is 0 Å². The summed E-state index contributed by atoms with van der Waals surface area (Å²) < 4.78 is 5.06. The Morgan fingerprint density at radius 1 is 1.47 bits per heavy atom. The number of rotatable bonds is 3. The fourth-order valence-electron chi connectivity index (χ4n) is 0.991. The van der Waals surface area contributed by atoms with E-state index in [-0.39, 0.29) is 5.91 Å². The van der Waals surface area contributed by atoms with Crippen molar-refractivity contribution in [1.29, 1.82) is 0 Å². The maximum atomic E-state index is 11.7. The van der Waals surface area contributed by atoms with E-state index in [1.54, 1.807) is 38.1 Å². The average Bonchev–Trinajstić information content (AvgIpc) is 2.17. The van der Waals surface area contributed by atoms with Gasteiger partial charge in [-0.2, -0.15) is 0 Å². The van der Waals surface area contributed by atoms with E-state index in [9.17, 15) is 4.79 Å². The Kier molecular flexibility index (Phi) is 3.31. The zero-order valence-electron chi connectivity index (χ0n) is 9.20. The lowest BCUT2D eigenvalue weighted by molar-refractivity contribution is -0.133. The topological polar surface area (TPSA) is 64.3 Å². The summed E-state index contributed by atoms with van der Waals surface area (Å²) >= 11 is 0. The molecule has 0 aliphatic rings. The number of anilines is 2. The van der Waals surface area contributed by atoms with Crippen LogP contribution in [0.4, 0.5) is 11.4 Å². The number of hydrogen-bond donors (Lipinski definition) is 2. The zero-order valence-corrected chi connectivity index (χ0v) is 9.20. The van der Waals surface area contributed by atoms with E-state index in [4.69, 9.17) is 10.5 Å². The smallest absolute Gasteiger partial charge is 0.256 e. The molecule has 0 saturated carbocycles. The minimum absolute atomic E-state index is 0.199. The Balaban J connectivity index is 2.75. The number of methoxy groups -OCH3 is 1. The molecule has 0 atom stereocenters. The van der Waals surface area contributed by atoms with Gasteiger partial charge >= 0.3 is 0 Å². The summed E-state index contributed by atoms with van der Waals surface area (Å²) in [5.41, 5.74) is 6.04. The lowest BCUT2D eigenvalue weighted by Gasteiger charge is -2.21. The third-order valence-electron chi connectivity index (χ3n) is 2.20. The van der Waals surface area contributed by atoms with Crippen molar-refractivity contribution in [2.24, 2.45) is 0 Å². The van der Waals surface area contributed by atoms with E-state index < -0.39 is 5.60 Å². The van der Waals surface area contributed by atoms with Gasteiger partial charge in [0, 0.05) is 18.5 Å². The van der Waals surface area contributed by atoms with Crippen LogP contribution in [0, 0.1) is 0 Å². The summed E-state index contributed by atoms with van der Waals surface area (Å²) in [4.78, 5) is 11.7. The molecule has 0 aromatic heterocycles. The fourth-order valence-corrected chi connectivity index (χ4v) is 0.991. The molecule has 0 saturated heterocycles. The summed E-state index contributed by atoms with van der Waals surface area (Å²) in [6.07, 6.45) is 0. The average molecular weight is 208 g/mol. The molecule has 0 aliphatic carbocycles. The molecule has 0 aliphatic heterocycles. The van der Waals surface area contributed by atoms with E-state index in [1.807, 2.05) is 0 Å². The molecule has 0 bridgehead atoms. The summed E-state index contributed by atoms with van der Waals surface area (Å²) in [5.74, 6) is -0.199. The maximum absolute atomic E-state index is 11.7. The molecule has 1 aromatic carbocycles. The van der Waals surface area contributed by atoms with Crippen molar-refractivity contribution in [1.82, 2.24) is 0 Å². The van der Waals surface area contributed by atoms with Gasteiger partial charge < -0.3 is 15.8 Å². The van der Waals surface area contributed by atoms with Gasteiger partial charge in [0.15, 0.2) is 0 Å². The molecule has 4 nitrogen and oxygen atoms in total. The highest BCUT2D eigenvalue weighted by molar-refractivity contribution is 5.97. The van der Waals surface area contributed by atoms with Crippen LogP contribution < -0.4 is 11.1 Å². The Hall–Kier alpha value is -1.55. The number of nitrogens with two attached hydrogens (primary N) is 1. The minimum Gasteiger partial charge on any atom is -0.399 e. The van der Waals surface area contributed by atoms with Crippen molar-refractivity contribution in [3.8, 4) is 0 Å². The molecule has 4 heteroatoms. The molecule has 1 amide bonds. The molecular weight excluding hydrogens is 192 g/mol. The van der Waals surface area contributed by atoms with Gasteiger partial charge in [-0.3, -0.25) is 4.79 Å². The Labute approximate surface area is 89.4 Å². The first-order valence-electron chi connectivity index (χ1n) is 4.68.